The van der Waals surface area contributed by atoms with E-state index < -0.39 is 0 Å². The Morgan fingerprint density at radius 3 is 2.43 bits per heavy atom. The van der Waals surface area contributed by atoms with E-state index in [1.165, 1.54) is 7.11 Å². The molecule has 1 N–H and O–H groups in total. The molecule has 0 saturated heterocycles. The summed E-state index contributed by atoms with van der Waals surface area (Å²) in [6.45, 7) is 8.69. The lowest BCUT2D eigenvalue weighted by atomic mass is 10.0. The normalized spacial score (nSPS) is 11.8. The van der Waals surface area contributed by atoms with Crippen LogP contribution in [0.3, 0.4) is 0 Å². The van der Waals surface area contributed by atoms with Crippen LogP contribution in [0.25, 0.3) is 0 Å². The summed E-state index contributed by atoms with van der Waals surface area (Å²) in [5.74, 6) is 1.44. The molecule has 0 saturated carbocycles. The Kier molecular flexibility index (Phi) is 9.27. The first-order chi connectivity index (χ1) is 14.5. The van der Waals surface area contributed by atoms with Gasteiger partial charge in [-0.25, -0.2) is 0 Å². The first-order valence-electron chi connectivity index (χ1n) is 10.1. The monoisotopic (exact) mass is 434 g/mol. The summed E-state index contributed by atoms with van der Waals surface area (Å²) in [7, 11) is 3.17. The third-order valence-electron chi connectivity index (χ3n) is 4.97. The number of ether oxygens (including phenoxy) is 3. The largest absolute Gasteiger partial charge is 0.497 e. The lowest BCUT2D eigenvalue weighted by Gasteiger charge is -2.30. The molecule has 1 amide bonds. The molecular formula is C23H31ClN2O4. The van der Waals surface area contributed by atoms with Gasteiger partial charge in [-0.2, -0.15) is 0 Å². The number of likely N-dealkylation sites (N-methyl/N-ethyl adjacent to an activating group) is 1. The SMILES string of the molecule is CCOc1c(Cl)cc(C(=O)NCC(c2cccc(OC)c2)N(CC)CC)cc1OC. The van der Waals surface area contributed by atoms with Crippen molar-refractivity contribution in [3.63, 3.8) is 0 Å². The minimum Gasteiger partial charge on any atom is -0.497 e. The van der Waals surface area contributed by atoms with Gasteiger partial charge in [0.15, 0.2) is 11.5 Å². The molecular weight excluding hydrogens is 404 g/mol. The van der Waals surface area contributed by atoms with Crippen LogP contribution in [0.4, 0.5) is 0 Å². The number of methoxy groups -OCH3 is 2. The third kappa shape index (κ3) is 5.80. The molecule has 1 unspecified atom stereocenters. The van der Waals surface area contributed by atoms with Crippen molar-refractivity contribution in [1.29, 1.82) is 0 Å². The molecule has 164 valence electrons. The summed E-state index contributed by atoms with van der Waals surface area (Å²) >= 11 is 6.32. The molecule has 30 heavy (non-hydrogen) atoms. The van der Waals surface area contributed by atoms with Crippen LogP contribution in [0.15, 0.2) is 36.4 Å². The van der Waals surface area contributed by atoms with E-state index >= 15 is 0 Å². The third-order valence-corrected chi connectivity index (χ3v) is 5.25. The van der Waals surface area contributed by atoms with Crippen LogP contribution < -0.4 is 19.5 Å². The van der Waals surface area contributed by atoms with Crippen LogP contribution in [-0.2, 0) is 0 Å². The highest BCUT2D eigenvalue weighted by Gasteiger charge is 2.21. The minimum absolute atomic E-state index is 0.0131. The average molecular weight is 435 g/mol. The second-order valence-corrected chi connectivity index (χ2v) is 7.05. The molecule has 2 rings (SSSR count). The van der Waals surface area contributed by atoms with Crippen molar-refractivity contribution in [2.45, 2.75) is 26.8 Å². The van der Waals surface area contributed by atoms with Crippen LogP contribution in [0.1, 0.15) is 42.7 Å². The highest BCUT2D eigenvalue weighted by Crippen LogP contribution is 2.36. The number of benzene rings is 2. The van der Waals surface area contributed by atoms with Gasteiger partial charge < -0.3 is 19.5 Å². The molecule has 2 aromatic rings. The van der Waals surface area contributed by atoms with Gasteiger partial charge in [-0.3, -0.25) is 9.69 Å². The Labute approximate surface area is 184 Å². The Hall–Kier alpha value is -2.44. The fraction of sp³-hybridized carbons (Fsp3) is 0.435. The standard InChI is InChI=1S/C23H31ClN2O4/c1-6-26(7-2)20(16-10-9-11-18(12-16)28-4)15-25-23(27)17-13-19(24)22(30-8-3)21(14-17)29-5/h9-14,20H,6-8,15H2,1-5H3,(H,25,27). The number of halogens is 1. The number of amides is 1. The Morgan fingerprint density at radius 2 is 1.83 bits per heavy atom. The molecule has 1 atom stereocenters. The highest BCUT2D eigenvalue weighted by molar-refractivity contribution is 6.32. The topological polar surface area (TPSA) is 60.0 Å². The van der Waals surface area contributed by atoms with E-state index in [9.17, 15) is 4.79 Å². The van der Waals surface area contributed by atoms with Crippen LogP contribution in [0, 0.1) is 0 Å². The number of nitrogens with one attached hydrogen (secondary N) is 1. The van der Waals surface area contributed by atoms with Gasteiger partial charge in [-0.1, -0.05) is 37.6 Å². The smallest absolute Gasteiger partial charge is 0.251 e. The molecule has 0 aliphatic heterocycles. The van der Waals surface area contributed by atoms with E-state index in [2.05, 4.69) is 30.1 Å². The molecule has 0 spiro atoms. The van der Waals surface area contributed by atoms with Gasteiger partial charge in [-0.05, 0) is 49.8 Å². The fourth-order valence-electron chi connectivity index (χ4n) is 3.40. The van der Waals surface area contributed by atoms with Gasteiger partial charge in [0.1, 0.15) is 5.75 Å². The number of hydrogen-bond donors (Lipinski definition) is 1. The zero-order valence-corrected chi connectivity index (χ0v) is 19.1. The van der Waals surface area contributed by atoms with E-state index in [4.69, 9.17) is 25.8 Å². The summed E-state index contributed by atoms with van der Waals surface area (Å²) in [6.07, 6.45) is 0. The van der Waals surface area contributed by atoms with Crippen molar-refractivity contribution in [1.82, 2.24) is 10.2 Å². The molecule has 0 bridgehead atoms. The van der Waals surface area contributed by atoms with Crippen LogP contribution in [0.5, 0.6) is 17.2 Å². The number of nitrogens with zero attached hydrogens (tertiary/aromatic N) is 1. The van der Waals surface area contributed by atoms with Gasteiger partial charge in [0.2, 0.25) is 0 Å². The van der Waals surface area contributed by atoms with Crippen molar-refractivity contribution in [3.8, 4) is 17.2 Å². The number of rotatable bonds is 11. The van der Waals surface area contributed by atoms with Crippen LogP contribution in [-0.4, -0.2) is 51.3 Å². The van der Waals surface area contributed by atoms with E-state index in [-0.39, 0.29) is 11.9 Å². The number of carbonyl (C=O) groups excluding carboxylic acids is 1. The fourth-order valence-corrected chi connectivity index (χ4v) is 3.66. The van der Waals surface area contributed by atoms with Crippen LogP contribution >= 0.6 is 11.6 Å². The van der Waals surface area contributed by atoms with Crippen LogP contribution in [0.2, 0.25) is 5.02 Å². The Bertz CT molecular complexity index is 840. The minimum atomic E-state index is -0.224. The lowest BCUT2D eigenvalue weighted by Crippen LogP contribution is -2.38. The van der Waals surface area contributed by atoms with E-state index in [0.717, 1.165) is 24.4 Å². The van der Waals surface area contributed by atoms with E-state index in [0.29, 0.717) is 35.2 Å². The van der Waals surface area contributed by atoms with Crippen molar-refractivity contribution in [2.75, 3.05) is 40.5 Å². The zero-order chi connectivity index (χ0) is 22.1. The summed E-state index contributed by atoms with van der Waals surface area (Å²) in [5.41, 5.74) is 1.50. The first-order valence-corrected chi connectivity index (χ1v) is 10.5. The van der Waals surface area contributed by atoms with Crippen molar-refractivity contribution >= 4 is 17.5 Å². The molecule has 2 aromatic carbocycles. The second kappa shape index (κ2) is 11.7. The maximum absolute atomic E-state index is 12.9. The van der Waals surface area contributed by atoms with Gasteiger partial charge in [-0.15, -0.1) is 0 Å². The van der Waals surface area contributed by atoms with Gasteiger partial charge in [0, 0.05) is 12.1 Å². The summed E-state index contributed by atoms with van der Waals surface area (Å²) in [5, 5.41) is 3.38. The van der Waals surface area contributed by atoms with E-state index in [1.54, 1.807) is 19.2 Å². The maximum Gasteiger partial charge on any atom is 0.251 e. The number of hydrogen-bond acceptors (Lipinski definition) is 5. The Morgan fingerprint density at radius 1 is 1.10 bits per heavy atom. The lowest BCUT2D eigenvalue weighted by molar-refractivity contribution is 0.0934. The molecule has 0 aromatic heterocycles. The van der Waals surface area contributed by atoms with Gasteiger partial charge in [0.25, 0.3) is 5.91 Å². The van der Waals surface area contributed by atoms with Gasteiger partial charge in [0.05, 0.1) is 31.9 Å². The molecule has 0 aliphatic carbocycles. The average Bonchev–Trinajstić information content (AvgIpc) is 2.77. The molecule has 0 heterocycles. The quantitative estimate of drug-likeness (QED) is 0.561. The summed E-state index contributed by atoms with van der Waals surface area (Å²) in [6, 6.07) is 11.2. The molecule has 0 aliphatic rings. The maximum atomic E-state index is 12.9. The second-order valence-electron chi connectivity index (χ2n) is 6.65. The van der Waals surface area contributed by atoms with E-state index in [1.807, 2.05) is 25.1 Å². The Balaban J connectivity index is 2.24. The predicted octanol–water partition coefficient (Wildman–Crippen LogP) is 4.57. The summed E-state index contributed by atoms with van der Waals surface area (Å²) < 4.78 is 16.2. The number of carbonyl (C=O) groups is 1. The highest BCUT2D eigenvalue weighted by atomic mass is 35.5. The first kappa shape index (κ1) is 23.8. The van der Waals surface area contributed by atoms with Gasteiger partial charge >= 0.3 is 0 Å². The molecule has 7 heteroatoms. The molecule has 6 nitrogen and oxygen atoms in total. The summed E-state index contributed by atoms with van der Waals surface area (Å²) in [4.78, 5) is 15.2. The molecule has 0 fully saturated rings. The predicted molar refractivity (Wildman–Crippen MR) is 120 cm³/mol. The van der Waals surface area contributed by atoms with Crippen molar-refractivity contribution in [2.24, 2.45) is 0 Å². The zero-order valence-electron chi connectivity index (χ0n) is 18.3. The molecule has 0 radical (unpaired) electrons. The van der Waals surface area contributed by atoms with Crippen molar-refractivity contribution in [3.05, 3.63) is 52.5 Å². The van der Waals surface area contributed by atoms with Crippen molar-refractivity contribution < 1.29 is 19.0 Å².